The highest BCUT2D eigenvalue weighted by molar-refractivity contribution is 14.1. The lowest BCUT2D eigenvalue weighted by molar-refractivity contribution is -0.162. The van der Waals surface area contributed by atoms with Crippen molar-refractivity contribution >= 4 is 74.0 Å². The fourth-order valence-electron chi connectivity index (χ4n) is 11.9. The van der Waals surface area contributed by atoms with Crippen LogP contribution in [0.3, 0.4) is 0 Å². The number of carbonyl (C=O) groups excluding carboxylic acids is 4. The molecule has 7 aromatic rings. The van der Waals surface area contributed by atoms with E-state index in [2.05, 4.69) is 45.4 Å². The van der Waals surface area contributed by atoms with E-state index >= 15 is 14.4 Å². The Hall–Kier alpha value is -9.23. The zero-order chi connectivity index (χ0) is 72.0. The van der Waals surface area contributed by atoms with E-state index in [4.69, 9.17) is 57.0 Å². The highest BCUT2D eigenvalue weighted by Crippen LogP contribution is 2.43. The van der Waals surface area contributed by atoms with Crippen molar-refractivity contribution in [1.82, 2.24) is 15.5 Å². The van der Waals surface area contributed by atoms with Crippen LogP contribution >= 0.6 is 34.4 Å². The topological polar surface area (TPSA) is 236 Å². The van der Waals surface area contributed by atoms with Crippen LogP contribution in [-0.2, 0) is 75.3 Å². The summed E-state index contributed by atoms with van der Waals surface area (Å²) in [4.78, 5) is 75.1. The predicted octanol–water partition coefficient (Wildman–Crippen LogP) is 13.8. The first-order valence-corrected chi connectivity index (χ1v) is 37.7. The molecule has 10 rings (SSSR count). The third-order valence-electron chi connectivity index (χ3n) is 17.0. The van der Waals surface area contributed by atoms with Gasteiger partial charge in [0.1, 0.15) is 35.7 Å². The summed E-state index contributed by atoms with van der Waals surface area (Å²) in [6.45, 7) is -0.0466. The molecule has 7 aromatic carbocycles. The Balaban J connectivity index is 1.08. The van der Waals surface area contributed by atoms with Crippen molar-refractivity contribution in [2.24, 2.45) is 9.52 Å². The van der Waals surface area contributed by atoms with Crippen LogP contribution < -0.4 is 24.8 Å². The highest BCUT2D eigenvalue weighted by atomic mass is 127. The molecule has 1 aliphatic carbocycles. The Bertz CT molecular complexity index is 4050. The molecule has 103 heavy (non-hydrogen) atoms. The van der Waals surface area contributed by atoms with E-state index in [1.165, 1.54) is 38.1 Å². The van der Waals surface area contributed by atoms with Crippen LogP contribution in [0.15, 0.2) is 244 Å². The van der Waals surface area contributed by atoms with Crippen LogP contribution in [0.25, 0.3) is 0 Å². The van der Waals surface area contributed by atoms with Gasteiger partial charge in [-0.1, -0.05) is 234 Å². The number of amides is 2. The molecule has 0 saturated carbocycles. The average Bonchev–Trinajstić information content (AvgIpc) is 1.70. The minimum absolute atomic E-state index is 0.0283. The van der Waals surface area contributed by atoms with Gasteiger partial charge in [0.25, 0.3) is 5.91 Å². The molecule has 0 radical (unpaired) electrons. The van der Waals surface area contributed by atoms with E-state index in [9.17, 15) is 10.1 Å². The maximum Gasteiger partial charge on any atom is 0.355 e. The summed E-state index contributed by atoms with van der Waals surface area (Å²) in [5.41, 5.74) is 4.33. The van der Waals surface area contributed by atoms with E-state index in [1.54, 1.807) is 29.6 Å². The second-order valence-corrected chi connectivity index (χ2v) is 27.1. The lowest BCUT2D eigenvalue weighted by Gasteiger charge is -2.37. The van der Waals surface area contributed by atoms with Crippen molar-refractivity contribution in [2.45, 2.75) is 75.0 Å². The molecule has 20 nitrogen and oxygen atoms in total. The van der Waals surface area contributed by atoms with Crippen LogP contribution in [0.2, 0.25) is 0 Å². The van der Waals surface area contributed by atoms with Crippen molar-refractivity contribution < 1.29 is 66.6 Å². The Morgan fingerprint density at radius 1 is 0.757 bits per heavy atom. The number of esters is 2. The standard InChI is InChI=1S/C80H83IN6O14S2/c1-92-45-47-95-55-98-73-60(50-82)40-43-68(74(73)99-56-96-48-46-93-2)75(78(91)100-72(58-25-12-7-13-26-58)59-27-14-8-15-28-59)101-86-103-54-65(83-79(103)85-80(62-30-16-9-17-31-62,63-32-18-10-19-33-63)64-34-20-11-21-35-64)49-70(88)84-69-53-102-52-61(29-24-44-81)71(77(90)97-51-57-38-41-67(94-3)42-39-57)87(76(69)89)66-36-22-5-4-6-23-37-66/h7-22,24-36,38-43,54,66,69,72,75H,4-6,23,37,44-49,51-53,55-56H2,1-3H3,(H,83,85)(H,84,88)/b29-24-,36-22-,71-61-/t66?,69-,75?,103?/m1/s1. The smallest absolute Gasteiger partial charge is 0.355 e. The fourth-order valence-corrected chi connectivity index (χ4v) is 14.5. The van der Waals surface area contributed by atoms with Gasteiger partial charge in [0.15, 0.2) is 36.4 Å². The SMILES string of the molecule is COCCOCOc1c(C#N)ccc(C(ON=S2C=C(CC(=O)N[C@@H]3CSCC(/C=C\CI)=C(/C(=O)OCc4ccc(OC)cc4)N(C4/C=C\CCCCC4)C3=O)N=C2NC(c2ccccc2)(c2ccccc2)c2ccccc2)C(=O)OC(c2ccccc2)c2ccccc2)c1OCOCCOC. The first-order valence-electron chi connectivity index (χ1n) is 33.8. The summed E-state index contributed by atoms with van der Waals surface area (Å²) >= 11 is 3.67. The van der Waals surface area contributed by atoms with E-state index in [0.717, 1.165) is 47.9 Å². The third kappa shape index (κ3) is 20.6. The van der Waals surface area contributed by atoms with Crippen molar-refractivity contribution in [2.75, 3.05) is 77.3 Å². The maximum atomic E-state index is 15.8. The normalized spacial score (nSPS) is 17.7. The molecule has 536 valence electrons. The van der Waals surface area contributed by atoms with Crippen LogP contribution in [0.4, 0.5) is 0 Å². The Morgan fingerprint density at radius 2 is 1.36 bits per heavy atom. The number of rotatable bonds is 33. The number of amidine groups is 1. The lowest BCUT2D eigenvalue weighted by atomic mass is 9.77. The van der Waals surface area contributed by atoms with Crippen LogP contribution in [0, 0.1) is 11.3 Å². The first-order chi connectivity index (χ1) is 50.6. The maximum absolute atomic E-state index is 15.8. The van der Waals surface area contributed by atoms with Gasteiger partial charge in [0.05, 0.1) is 57.3 Å². The van der Waals surface area contributed by atoms with Gasteiger partial charge >= 0.3 is 11.9 Å². The number of alkyl halides is 1. The molecular formula is C80H83IN6O14S2. The molecule has 0 aromatic heterocycles. The predicted molar refractivity (Wildman–Crippen MR) is 405 cm³/mol. The van der Waals surface area contributed by atoms with Crippen molar-refractivity contribution in [1.29, 1.82) is 5.26 Å². The zero-order valence-corrected chi connectivity index (χ0v) is 61.4. The number of halogens is 1. The van der Waals surface area contributed by atoms with E-state index in [-0.39, 0.29) is 91.2 Å². The summed E-state index contributed by atoms with van der Waals surface area (Å²) in [7, 11) is 3.01. The molecule has 0 spiro atoms. The Kier molecular flexibility index (Phi) is 29.7. The average molecular weight is 1540 g/mol. The van der Waals surface area contributed by atoms with Crippen LogP contribution in [0.1, 0.15) is 95.2 Å². The summed E-state index contributed by atoms with van der Waals surface area (Å²) < 4.78 is 58.4. The molecule has 2 heterocycles. The number of hydrogen-bond donors (Lipinski definition) is 2. The second-order valence-electron chi connectivity index (χ2n) is 23.8. The lowest BCUT2D eigenvalue weighted by Crippen LogP contribution is -2.54. The van der Waals surface area contributed by atoms with Crippen LogP contribution in [0.5, 0.6) is 17.2 Å². The van der Waals surface area contributed by atoms with Crippen molar-refractivity contribution in [3.63, 3.8) is 0 Å². The van der Waals surface area contributed by atoms with Gasteiger partial charge in [0, 0.05) is 51.8 Å². The molecule has 3 unspecified atom stereocenters. The molecule has 2 amide bonds. The number of nitriles is 1. The largest absolute Gasteiger partial charge is 0.497 e. The molecule has 2 N–H and O–H groups in total. The molecule has 2 aliphatic heterocycles. The van der Waals surface area contributed by atoms with Crippen molar-refractivity contribution in [3.05, 3.63) is 279 Å². The van der Waals surface area contributed by atoms with E-state index in [0.29, 0.717) is 39.1 Å². The summed E-state index contributed by atoms with van der Waals surface area (Å²) in [5.74, 6) is -1.67. The van der Waals surface area contributed by atoms with Gasteiger partial charge in [-0.25, -0.2) is 19.4 Å². The number of benzene rings is 7. The van der Waals surface area contributed by atoms with Gasteiger partial charge in [-0.2, -0.15) is 17.0 Å². The first kappa shape index (κ1) is 76.4. The van der Waals surface area contributed by atoms with Gasteiger partial charge < -0.3 is 53.3 Å². The second kappa shape index (κ2) is 40.0. The number of aliphatic imine (C=N–C) groups is 1. The molecule has 0 bridgehead atoms. The zero-order valence-electron chi connectivity index (χ0n) is 57.6. The fraction of sp³-hybridized carbons (Fsp3) is 0.300. The Morgan fingerprint density at radius 3 is 1.94 bits per heavy atom. The number of nitrogens with zero attached hydrogens (tertiary/aromatic N) is 4. The van der Waals surface area contributed by atoms with E-state index in [1.807, 2.05) is 182 Å². The molecule has 3 aliphatic rings. The summed E-state index contributed by atoms with van der Waals surface area (Å²) in [5, 5.41) is 19.5. The molecule has 4 atom stereocenters. The molecule has 0 saturated heterocycles. The van der Waals surface area contributed by atoms with Gasteiger partial charge in [0.2, 0.25) is 12.0 Å². The van der Waals surface area contributed by atoms with Gasteiger partial charge in [-0.15, -0.1) is 0 Å². The number of allylic oxidation sites excluding steroid dienone is 3. The van der Waals surface area contributed by atoms with Crippen LogP contribution in [-0.4, -0.2) is 123 Å². The number of ether oxygens (including phenoxy) is 9. The minimum atomic E-state index is -1.79. The Labute approximate surface area is 621 Å². The molecule has 23 heteroatoms. The molecular weight excluding hydrogens is 1460 g/mol. The summed E-state index contributed by atoms with van der Waals surface area (Å²) in [6.07, 6.45) is 8.86. The number of methoxy groups -OCH3 is 3. The monoisotopic (exact) mass is 1540 g/mol. The van der Waals surface area contributed by atoms with Crippen molar-refractivity contribution in [3.8, 4) is 23.3 Å². The molecule has 0 fully saturated rings. The quantitative estimate of drug-likeness (QED) is 0.00568. The third-order valence-corrected chi connectivity index (χ3v) is 19.9. The van der Waals surface area contributed by atoms with E-state index < -0.39 is 71.1 Å². The minimum Gasteiger partial charge on any atom is -0.497 e. The highest BCUT2D eigenvalue weighted by Gasteiger charge is 2.42. The summed E-state index contributed by atoms with van der Waals surface area (Å²) in [6, 6.07) is 58.7. The number of carbonyl (C=O) groups is 4. The number of nitrogens with one attached hydrogen (secondary N) is 2. The number of thioether (sulfide) groups is 1. The van der Waals surface area contributed by atoms with Gasteiger partial charge in [-0.3, -0.25) is 14.5 Å². The van der Waals surface area contributed by atoms with Gasteiger partial charge in [-0.05, 0) is 76.4 Å². The number of hydrogen-bond acceptors (Lipinski definition) is 19.